The molecule has 1 aliphatic heterocycles. The van der Waals surface area contributed by atoms with Crippen LogP contribution in [0.15, 0.2) is 10.7 Å². The molecular weight excluding hydrogens is 338 g/mol. The standard InChI is InChI=1S/C13H22BrN5O2/c1-9(14)2-3-11(19-6-4-16-5-7-19)18-12(20)10-8-21-13(15)17-10/h8-9,11,16H,2-7H2,1H3,(H2,15,17)(H,18,20). The van der Waals surface area contributed by atoms with Crippen molar-refractivity contribution in [3.63, 3.8) is 0 Å². The van der Waals surface area contributed by atoms with Gasteiger partial charge in [-0.15, -0.1) is 0 Å². The van der Waals surface area contributed by atoms with E-state index >= 15 is 0 Å². The number of aromatic nitrogens is 1. The third kappa shape index (κ3) is 4.98. The summed E-state index contributed by atoms with van der Waals surface area (Å²) < 4.78 is 4.89. The highest BCUT2D eigenvalue weighted by molar-refractivity contribution is 9.09. The van der Waals surface area contributed by atoms with Crippen LogP contribution in [0.25, 0.3) is 0 Å². The van der Waals surface area contributed by atoms with E-state index in [4.69, 9.17) is 10.2 Å². The van der Waals surface area contributed by atoms with Gasteiger partial charge in [0.05, 0.1) is 6.17 Å². The highest BCUT2D eigenvalue weighted by Crippen LogP contribution is 2.13. The van der Waals surface area contributed by atoms with Crippen molar-refractivity contribution in [2.24, 2.45) is 0 Å². The van der Waals surface area contributed by atoms with Crippen LogP contribution in [0.1, 0.15) is 30.3 Å². The van der Waals surface area contributed by atoms with Crippen LogP contribution in [-0.4, -0.2) is 53.0 Å². The zero-order chi connectivity index (χ0) is 15.2. The Balaban J connectivity index is 1.98. The third-order valence-electron chi connectivity index (χ3n) is 3.48. The number of hydrogen-bond acceptors (Lipinski definition) is 6. The summed E-state index contributed by atoms with van der Waals surface area (Å²) in [6.07, 6.45) is 3.14. The van der Waals surface area contributed by atoms with Gasteiger partial charge in [0.15, 0.2) is 5.69 Å². The molecule has 1 amide bonds. The number of oxazole rings is 1. The van der Waals surface area contributed by atoms with E-state index in [1.807, 2.05) is 0 Å². The largest absolute Gasteiger partial charge is 0.431 e. The molecule has 118 valence electrons. The minimum absolute atomic E-state index is 0.00229. The maximum Gasteiger partial charge on any atom is 0.292 e. The van der Waals surface area contributed by atoms with Crippen LogP contribution in [0.2, 0.25) is 0 Å². The van der Waals surface area contributed by atoms with Crippen LogP contribution in [0.5, 0.6) is 0 Å². The number of halogens is 1. The molecule has 0 spiro atoms. The van der Waals surface area contributed by atoms with Crippen LogP contribution in [0, 0.1) is 0 Å². The summed E-state index contributed by atoms with van der Waals surface area (Å²) in [6.45, 7) is 5.82. The van der Waals surface area contributed by atoms with E-state index in [-0.39, 0.29) is 23.8 Å². The normalized spacial score (nSPS) is 19.1. The van der Waals surface area contributed by atoms with Crippen molar-refractivity contribution in [1.82, 2.24) is 20.5 Å². The summed E-state index contributed by atoms with van der Waals surface area (Å²) >= 11 is 3.55. The molecule has 0 radical (unpaired) electrons. The van der Waals surface area contributed by atoms with Gasteiger partial charge in [-0.3, -0.25) is 9.69 Å². The van der Waals surface area contributed by atoms with Crippen molar-refractivity contribution < 1.29 is 9.21 Å². The first-order valence-corrected chi connectivity index (χ1v) is 8.08. The van der Waals surface area contributed by atoms with Gasteiger partial charge < -0.3 is 20.8 Å². The van der Waals surface area contributed by atoms with Gasteiger partial charge in [0.2, 0.25) is 0 Å². The van der Waals surface area contributed by atoms with E-state index in [1.54, 1.807) is 0 Å². The molecule has 1 aromatic heterocycles. The highest BCUT2D eigenvalue weighted by atomic mass is 79.9. The topological polar surface area (TPSA) is 96.4 Å². The Morgan fingerprint density at radius 1 is 1.57 bits per heavy atom. The molecule has 0 aromatic carbocycles. The van der Waals surface area contributed by atoms with Gasteiger partial charge in [0, 0.05) is 31.0 Å². The molecule has 1 aliphatic rings. The molecule has 2 atom stereocenters. The van der Waals surface area contributed by atoms with Crippen molar-refractivity contribution in [1.29, 1.82) is 0 Å². The zero-order valence-electron chi connectivity index (χ0n) is 12.1. The minimum atomic E-state index is -0.249. The molecule has 1 fully saturated rings. The van der Waals surface area contributed by atoms with Crippen LogP contribution in [0.4, 0.5) is 6.01 Å². The molecule has 2 rings (SSSR count). The van der Waals surface area contributed by atoms with E-state index in [9.17, 15) is 4.79 Å². The smallest absolute Gasteiger partial charge is 0.292 e. The van der Waals surface area contributed by atoms with Gasteiger partial charge >= 0.3 is 0 Å². The zero-order valence-corrected chi connectivity index (χ0v) is 13.7. The second-order valence-electron chi connectivity index (χ2n) is 5.20. The summed E-state index contributed by atoms with van der Waals surface area (Å²) in [5.74, 6) is -0.249. The van der Waals surface area contributed by atoms with Crippen LogP contribution in [-0.2, 0) is 0 Å². The number of anilines is 1. The van der Waals surface area contributed by atoms with Crippen molar-refractivity contribution in [3.8, 4) is 0 Å². The Bertz CT molecular complexity index is 459. The van der Waals surface area contributed by atoms with E-state index in [0.717, 1.165) is 39.0 Å². The van der Waals surface area contributed by atoms with Crippen molar-refractivity contribution in [3.05, 3.63) is 12.0 Å². The number of nitrogen functional groups attached to an aromatic ring is 1. The fraction of sp³-hybridized carbons (Fsp3) is 0.692. The van der Waals surface area contributed by atoms with Crippen LogP contribution >= 0.6 is 15.9 Å². The maximum atomic E-state index is 12.2. The Hall–Kier alpha value is -1.12. The summed E-state index contributed by atoms with van der Waals surface area (Å²) in [6, 6.07) is 0.00736. The summed E-state index contributed by atoms with van der Waals surface area (Å²) in [7, 11) is 0. The number of nitrogens with zero attached hydrogens (tertiary/aromatic N) is 2. The Kier molecular flexibility index (Phi) is 6.01. The van der Waals surface area contributed by atoms with Crippen molar-refractivity contribution >= 4 is 27.9 Å². The molecule has 8 heteroatoms. The minimum Gasteiger partial charge on any atom is -0.431 e. The lowest BCUT2D eigenvalue weighted by atomic mass is 10.1. The Labute approximate surface area is 132 Å². The van der Waals surface area contributed by atoms with Gasteiger partial charge in [-0.2, -0.15) is 4.98 Å². The molecule has 1 aromatic rings. The molecule has 0 aliphatic carbocycles. The number of rotatable bonds is 6. The Morgan fingerprint density at radius 3 is 2.86 bits per heavy atom. The fourth-order valence-electron chi connectivity index (χ4n) is 2.34. The van der Waals surface area contributed by atoms with Gasteiger partial charge in [-0.25, -0.2) is 0 Å². The number of nitrogens with two attached hydrogens (primary N) is 1. The van der Waals surface area contributed by atoms with Crippen LogP contribution < -0.4 is 16.4 Å². The number of carbonyl (C=O) groups is 1. The molecule has 0 bridgehead atoms. The lowest BCUT2D eigenvalue weighted by molar-refractivity contribution is 0.0805. The average molecular weight is 360 g/mol. The van der Waals surface area contributed by atoms with E-state index in [0.29, 0.717) is 4.83 Å². The molecule has 21 heavy (non-hydrogen) atoms. The molecule has 2 unspecified atom stereocenters. The van der Waals surface area contributed by atoms with E-state index in [2.05, 4.69) is 43.4 Å². The predicted molar refractivity (Wildman–Crippen MR) is 84.2 cm³/mol. The second-order valence-corrected chi connectivity index (χ2v) is 6.77. The number of hydrogen-bond donors (Lipinski definition) is 3. The number of amides is 1. The monoisotopic (exact) mass is 359 g/mol. The van der Waals surface area contributed by atoms with Gasteiger partial charge in [-0.05, 0) is 12.8 Å². The lowest BCUT2D eigenvalue weighted by Gasteiger charge is -2.35. The molecule has 7 nitrogen and oxygen atoms in total. The number of alkyl halides is 1. The highest BCUT2D eigenvalue weighted by Gasteiger charge is 2.24. The number of piperazine rings is 1. The molecule has 2 heterocycles. The van der Waals surface area contributed by atoms with E-state index < -0.39 is 0 Å². The van der Waals surface area contributed by atoms with Crippen molar-refractivity contribution in [2.45, 2.75) is 30.8 Å². The SMILES string of the molecule is CC(Br)CCC(NC(=O)c1coc(N)n1)N1CCNCC1. The quantitative estimate of drug-likeness (QED) is 0.649. The van der Waals surface area contributed by atoms with Crippen LogP contribution in [0.3, 0.4) is 0 Å². The molecule has 4 N–H and O–H groups in total. The summed E-state index contributed by atoms with van der Waals surface area (Å²) in [5.41, 5.74) is 5.63. The molecular formula is C13H22BrN5O2. The van der Waals surface area contributed by atoms with Gasteiger partial charge in [0.1, 0.15) is 6.26 Å². The molecule has 1 saturated heterocycles. The fourth-order valence-corrected chi connectivity index (χ4v) is 2.61. The van der Waals surface area contributed by atoms with Gasteiger partial charge in [0.25, 0.3) is 11.9 Å². The first-order chi connectivity index (χ1) is 10.1. The van der Waals surface area contributed by atoms with Gasteiger partial charge in [-0.1, -0.05) is 22.9 Å². The van der Waals surface area contributed by atoms with E-state index in [1.165, 1.54) is 6.26 Å². The predicted octanol–water partition coefficient (Wildman–Crippen LogP) is 0.782. The lowest BCUT2D eigenvalue weighted by Crippen LogP contribution is -2.55. The summed E-state index contributed by atoms with van der Waals surface area (Å²) in [5, 5.41) is 6.35. The number of nitrogens with one attached hydrogen (secondary N) is 2. The summed E-state index contributed by atoms with van der Waals surface area (Å²) in [4.78, 5) is 18.8. The second kappa shape index (κ2) is 7.77. The maximum absolute atomic E-state index is 12.2. The Morgan fingerprint density at radius 2 is 2.29 bits per heavy atom. The van der Waals surface area contributed by atoms with Crippen molar-refractivity contribution in [2.75, 3.05) is 31.9 Å². The first kappa shape index (κ1) is 16.3. The first-order valence-electron chi connectivity index (χ1n) is 7.17. The number of carbonyl (C=O) groups excluding carboxylic acids is 1. The molecule has 0 saturated carbocycles. The third-order valence-corrected chi connectivity index (χ3v) is 3.94. The average Bonchev–Trinajstić information content (AvgIpc) is 2.90.